The SMILES string of the molecule is CC(CC(=O)N1CCNC[C@H]1C)C(C)(C)C. The van der Waals surface area contributed by atoms with Crippen LogP contribution in [0.2, 0.25) is 0 Å². The maximum Gasteiger partial charge on any atom is 0.223 e. The molecule has 0 spiro atoms. The van der Waals surface area contributed by atoms with E-state index in [9.17, 15) is 4.79 Å². The molecule has 1 amide bonds. The van der Waals surface area contributed by atoms with Crippen molar-refractivity contribution >= 4 is 5.91 Å². The summed E-state index contributed by atoms with van der Waals surface area (Å²) >= 11 is 0. The summed E-state index contributed by atoms with van der Waals surface area (Å²) < 4.78 is 0. The van der Waals surface area contributed by atoms with E-state index in [0.717, 1.165) is 19.6 Å². The van der Waals surface area contributed by atoms with Crippen LogP contribution in [0.15, 0.2) is 0 Å². The van der Waals surface area contributed by atoms with E-state index < -0.39 is 0 Å². The number of carbonyl (C=O) groups excluding carboxylic acids is 1. The van der Waals surface area contributed by atoms with Gasteiger partial charge in [-0.3, -0.25) is 4.79 Å². The van der Waals surface area contributed by atoms with Gasteiger partial charge in [-0.05, 0) is 18.3 Å². The third-order valence-electron chi connectivity index (χ3n) is 3.78. The Morgan fingerprint density at radius 3 is 2.62 bits per heavy atom. The van der Waals surface area contributed by atoms with Gasteiger partial charge in [-0.1, -0.05) is 27.7 Å². The van der Waals surface area contributed by atoms with Gasteiger partial charge in [0.15, 0.2) is 0 Å². The largest absolute Gasteiger partial charge is 0.337 e. The fourth-order valence-electron chi connectivity index (χ4n) is 1.90. The van der Waals surface area contributed by atoms with E-state index in [-0.39, 0.29) is 5.41 Å². The Morgan fingerprint density at radius 2 is 2.12 bits per heavy atom. The topological polar surface area (TPSA) is 32.3 Å². The van der Waals surface area contributed by atoms with Crippen molar-refractivity contribution in [3.63, 3.8) is 0 Å². The van der Waals surface area contributed by atoms with Gasteiger partial charge in [-0.15, -0.1) is 0 Å². The minimum atomic E-state index is 0.215. The van der Waals surface area contributed by atoms with Gasteiger partial charge in [0, 0.05) is 32.1 Å². The average molecular weight is 226 g/mol. The second-order valence-corrected chi connectivity index (χ2v) is 6.11. The van der Waals surface area contributed by atoms with Gasteiger partial charge in [-0.2, -0.15) is 0 Å². The van der Waals surface area contributed by atoms with Crippen molar-refractivity contribution in [1.82, 2.24) is 10.2 Å². The average Bonchev–Trinajstić information content (AvgIpc) is 2.16. The summed E-state index contributed by atoms with van der Waals surface area (Å²) in [5.74, 6) is 0.749. The molecule has 1 N–H and O–H groups in total. The maximum absolute atomic E-state index is 12.2. The van der Waals surface area contributed by atoms with E-state index in [1.165, 1.54) is 0 Å². The zero-order valence-corrected chi connectivity index (χ0v) is 11.3. The molecular formula is C13H26N2O. The van der Waals surface area contributed by atoms with Crippen molar-refractivity contribution in [2.75, 3.05) is 19.6 Å². The lowest BCUT2D eigenvalue weighted by molar-refractivity contribution is -0.135. The zero-order chi connectivity index (χ0) is 12.3. The van der Waals surface area contributed by atoms with Crippen molar-refractivity contribution in [2.45, 2.75) is 47.1 Å². The summed E-state index contributed by atoms with van der Waals surface area (Å²) in [4.78, 5) is 14.2. The molecule has 0 aliphatic carbocycles. The summed E-state index contributed by atoms with van der Waals surface area (Å²) in [5, 5.41) is 3.31. The Balaban J connectivity index is 2.51. The lowest BCUT2D eigenvalue weighted by Crippen LogP contribution is -2.52. The molecule has 0 aromatic heterocycles. The molecule has 1 heterocycles. The zero-order valence-electron chi connectivity index (χ0n) is 11.3. The van der Waals surface area contributed by atoms with E-state index >= 15 is 0 Å². The number of hydrogen-bond donors (Lipinski definition) is 1. The summed E-state index contributed by atoms with van der Waals surface area (Å²) in [6.07, 6.45) is 0.674. The molecule has 1 rings (SSSR count). The highest BCUT2D eigenvalue weighted by atomic mass is 16.2. The van der Waals surface area contributed by atoms with E-state index in [0.29, 0.717) is 24.3 Å². The predicted molar refractivity (Wildman–Crippen MR) is 67.3 cm³/mol. The number of nitrogens with zero attached hydrogens (tertiary/aromatic N) is 1. The molecule has 3 heteroatoms. The third kappa shape index (κ3) is 3.48. The van der Waals surface area contributed by atoms with Crippen LogP contribution in [-0.4, -0.2) is 36.5 Å². The van der Waals surface area contributed by atoms with Gasteiger partial charge >= 0.3 is 0 Å². The first-order valence-corrected chi connectivity index (χ1v) is 6.32. The number of carbonyl (C=O) groups is 1. The van der Waals surface area contributed by atoms with Crippen molar-refractivity contribution < 1.29 is 4.79 Å². The molecule has 1 unspecified atom stereocenters. The van der Waals surface area contributed by atoms with Crippen LogP contribution >= 0.6 is 0 Å². The maximum atomic E-state index is 12.2. The van der Waals surface area contributed by atoms with Crippen LogP contribution in [-0.2, 0) is 4.79 Å². The minimum Gasteiger partial charge on any atom is -0.337 e. The Bertz CT molecular complexity index is 245. The monoisotopic (exact) mass is 226 g/mol. The van der Waals surface area contributed by atoms with Gasteiger partial charge in [0.05, 0.1) is 0 Å². The second kappa shape index (κ2) is 5.17. The first-order chi connectivity index (χ1) is 7.32. The lowest BCUT2D eigenvalue weighted by atomic mass is 9.80. The molecule has 2 atom stereocenters. The number of piperazine rings is 1. The Kier molecular flexibility index (Phi) is 4.36. The lowest BCUT2D eigenvalue weighted by Gasteiger charge is -2.36. The highest BCUT2D eigenvalue weighted by molar-refractivity contribution is 5.77. The molecule has 1 aliphatic rings. The van der Waals surface area contributed by atoms with Crippen molar-refractivity contribution in [3.05, 3.63) is 0 Å². The van der Waals surface area contributed by atoms with Gasteiger partial charge in [0.25, 0.3) is 0 Å². The van der Waals surface area contributed by atoms with Gasteiger partial charge in [-0.25, -0.2) is 0 Å². The second-order valence-electron chi connectivity index (χ2n) is 6.11. The number of amides is 1. The number of rotatable bonds is 2. The van der Waals surface area contributed by atoms with Crippen LogP contribution < -0.4 is 5.32 Å². The quantitative estimate of drug-likeness (QED) is 0.779. The van der Waals surface area contributed by atoms with Gasteiger partial charge in [0.1, 0.15) is 0 Å². The molecule has 0 aromatic carbocycles. The van der Waals surface area contributed by atoms with Crippen molar-refractivity contribution in [2.24, 2.45) is 11.3 Å². The van der Waals surface area contributed by atoms with E-state index in [1.54, 1.807) is 0 Å². The first kappa shape index (κ1) is 13.5. The molecule has 16 heavy (non-hydrogen) atoms. The molecule has 1 fully saturated rings. The van der Waals surface area contributed by atoms with Gasteiger partial charge < -0.3 is 10.2 Å². The number of nitrogens with one attached hydrogen (secondary N) is 1. The van der Waals surface area contributed by atoms with E-state index in [2.05, 4.69) is 39.9 Å². The molecule has 94 valence electrons. The number of hydrogen-bond acceptors (Lipinski definition) is 2. The van der Waals surface area contributed by atoms with Crippen LogP contribution in [0.1, 0.15) is 41.0 Å². The van der Waals surface area contributed by atoms with E-state index in [4.69, 9.17) is 0 Å². The van der Waals surface area contributed by atoms with Crippen LogP contribution in [0.25, 0.3) is 0 Å². The highest BCUT2D eigenvalue weighted by Gasteiger charge is 2.28. The first-order valence-electron chi connectivity index (χ1n) is 6.32. The fraction of sp³-hybridized carbons (Fsp3) is 0.923. The minimum absolute atomic E-state index is 0.215. The molecule has 0 bridgehead atoms. The standard InChI is InChI=1S/C13H26N2O/c1-10(13(3,4)5)8-12(16)15-7-6-14-9-11(15)2/h10-11,14H,6-9H2,1-5H3/t10?,11-/m1/s1. The van der Waals surface area contributed by atoms with Crippen LogP contribution in [0.3, 0.4) is 0 Å². The Labute approximate surface area is 99.6 Å². The molecule has 1 saturated heterocycles. The Hall–Kier alpha value is -0.570. The summed E-state index contributed by atoms with van der Waals surface area (Å²) in [6.45, 7) is 13.6. The van der Waals surface area contributed by atoms with E-state index in [1.807, 2.05) is 4.90 Å². The van der Waals surface area contributed by atoms with Gasteiger partial charge in [0.2, 0.25) is 5.91 Å². The molecular weight excluding hydrogens is 200 g/mol. The highest BCUT2D eigenvalue weighted by Crippen LogP contribution is 2.28. The smallest absolute Gasteiger partial charge is 0.223 e. The van der Waals surface area contributed by atoms with Crippen LogP contribution in [0, 0.1) is 11.3 Å². The fourth-order valence-corrected chi connectivity index (χ4v) is 1.90. The molecule has 0 radical (unpaired) electrons. The third-order valence-corrected chi connectivity index (χ3v) is 3.78. The molecule has 0 saturated carbocycles. The predicted octanol–water partition coefficient (Wildman–Crippen LogP) is 1.88. The van der Waals surface area contributed by atoms with Crippen LogP contribution in [0.5, 0.6) is 0 Å². The summed E-state index contributed by atoms with van der Waals surface area (Å²) in [6, 6.07) is 0.341. The molecule has 3 nitrogen and oxygen atoms in total. The van der Waals surface area contributed by atoms with Crippen molar-refractivity contribution in [1.29, 1.82) is 0 Å². The summed E-state index contributed by atoms with van der Waals surface area (Å²) in [7, 11) is 0. The molecule has 1 aliphatic heterocycles. The molecule has 0 aromatic rings. The normalized spacial score (nSPS) is 24.3. The van der Waals surface area contributed by atoms with Crippen LogP contribution in [0.4, 0.5) is 0 Å². The summed E-state index contributed by atoms with van der Waals surface area (Å²) in [5.41, 5.74) is 0.215. The Morgan fingerprint density at radius 1 is 1.50 bits per heavy atom. The van der Waals surface area contributed by atoms with Crippen molar-refractivity contribution in [3.8, 4) is 0 Å².